The van der Waals surface area contributed by atoms with Crippen LogP contribution in [0.3, 0.4) is 0 Å². The van der Waals surface area contributed by atoms with Crippen LogP contribution in [0.25, 0.3) is 0 Å². The molecule has 18 heteroatoms. The third-order valence-corrected chi connectivity index (χ3v) is 12.2. The van der Waals surface area contributed by atoms with Crippen LogP contribution >= 0.6 is 23.2 Å². The Balaban J connectivity index is 1.33. The third kappa shape index (κ3) is 6.56. The number of rotatable bonds is 7. The van der Waals surface area contributed by atoms with Crippen LogP contribution in [0.15, 0.2) is 90.6 Å². The molecule has 3 aromatic carbocycles. The van der Waals surface area contributed by atoms with Gasteiger partial charge in [-0.2, -0.15) is 18.2 Å². The lowest BCUT2D eigenvalue weighted by Gasteiger charge is -2.50. The van der Waals surface area contributed by atoms with Gasteiger partial charge in [-0.1, -0.05) is 66.0 Å². The van der Waals surface area contributed by atoms with E-state index in [2.05, 4.69) is 15.1 Å². The predicted octanol–water partition coefficient (Wildman–Crippen LogP) is 8.76. The van der Waals surface area contributed by atoms with E-state index in [-0.39, 0.29) is 34.6 Å². The van der Waals surface area contributed by atoms with Crippen molar-refractivity contribution in [2.75, 3.05) is 10.3 Å². The molecule has 59 heavy (non-hydrogen) atoms. The molecule has 4 amide bonds. The maximum atomic E-state index is 15.3. The summed E-state index contributed by atoms with van der Waals surface area (Å²) in [5.74, 6) is -11.0. The average molecular weight is 860 g/mol. The molecule has 3 fully saturated rings. The number of aromatic hydroxyl groups is 1. The second-order valence-electron chi connectivity index (χ2n) is 14.7. The molecule has 8 rings (SSSR count). The molecule has 0 unspecified atom stereocenters. The molecule has 4 aliphatic rings. The first-order valence-corrected chi connectivity index (χ1v) is 19.0. The normalized spacial score (nSPS) is 25.4. The predicted molar refractivity (Wildman–Crippen MR) is 200 cm³/mol. The van der Waals surface area contributed by atoms with E-state index in [1.807, 2.05) is 6.92 Å². The van der Waals surface area contributed by atoms with Crippen molar-refractivity contribution < 1.29 is 55.4 Å². The topological polar surface area (TPSA) is 129 Å². The standard InChI is InChI=1S/C41H30Cl2F6N4O6/c1-2-19-3-9-23(10-4-19)52-35(55)26-13-12-25-27(32(26)37(52)57)17-29-36(56)53(51-34-30(43)15-21(18-50-34)40(44,45)46)38(58)39(29,20-5-7-22(42)8-6-20)33(25)28-16-24(11-14-31(28)54)59-41(47,48)49/h3-12,14-16,18,26-27,29,32-33,54H,2,13,17H2,1H3,(H,50,51)/t26-,27+,29-,32-,33+,39+/m0/s1. The van der Waals surface area contributed by atoms with Gasteiger partial charge in [0.15, 0.2) is 5.82 Å². The Morgan fingerprint density at radius 1 is 0.898 bits per heavy atom. The number of hydrazine groups is 1. The number of phenols is 1. The zero-order chi connectivity index (χ0) is 42.3. The summed E-state index contributed by atoms with van der Waals surface area (Å²) in [5, 5.41) is 11.7. The van der Waals surface area contributed by atoms with E-state index in [1.54, 1.807) is 30.3 Å². The fourth-order valence-electron chi connectivity index (χ4n) is 9.22. The average Bonchev–Trinajstić information content (AvgIpc) is 3.56. The number of pyridine rings is 1. The number of nitrogens with one attached hydrogen (secondary N) is 1. The van der Waals surface area contributed by atoms with Crippen molar-refractivity contribution in [3.63, 3.8) is 0 Å². The molecular formula is C41H30Cl2F6N4O6. The van der Waals surface area contributed by atoms with Crippen LogP contribution in [0, 0.1) is 23.7 Å². The fraction of sp³-hybridized carbons (Fsp3) is 0.293. The summed E-state index contributed by atoms with van der Waals surface area (Å²) in [4.78, 5) is 63.6. The molecule has 2 saturated heterocycles. The number of phenolic OH excluding ortho intramolecular Hbond substituents is 1. The van der Waals surface area contributed by atoms with Gasteiger partial charge in [0.25, 0.3) is 11.8 Å². The van der Waals surface area contributed by atoms with E-state index in [4.69, 9.17) is 23.2 Å². The first kappa shape index (κ1) is 40.2. The van der Waals surface area contributed by atoms with Crippen molar-refractivity contribution in [2.24, 2.45) is 23.7 Å². The molecule has 4 aromatic rings. The van der Waals surface area contributed by atoms with Gasteiger partial charge >= 0.3 is 12.5 Å². The lowest BCUT2D eigenvalue weighted by atomic mass is 9.49. The molecular weight excluding hydrogens is 829 g/mol. The zero-order valence-corrected chi connectivity index (χ0v) is 32.0. The number of imide groups is 2. The molecule has 2 N–H and O–H groups in total. The first-order valence-electron chi connectivity index (χ1n) is 18.2. The number of amides is 4. The van der Waals surface area contributed by atoms with Crippen molar-refractivity contribution in [3.05, 3.63) is 123 Å². The number of ether oxygens (including phenoxy) is 1. The monoisotopic (exact) mass is 858 g/mol. The number of benzene rings is 3. The van der Waals surface area contributed by atoms with Crippen LogP contribution in [0.2, 0.25) is 10.0 Å². The van der Waals surface area contributed by atoms with Crippen LogP contribution in [0.1, 0.15) is 47.9 Å². The highest BCUT2D eigenvalue weighted by Gasteiger charge is 2.71. The van der Waals surface area contributed by atoms with Gasteiger partial charge in [-0.3, -0.25) is 29.5 Å². The zero-order valence-electron chi connectivity index (χ0n) is 30.4. The summed E-state index contributed by atoms with van der Waals surface area (Å²) in [6, 6.07) is 15.8. The molecule has 10 nitrogen and oxygen atoms in total. The van der Waals surface area contributed by atoms with Crippen LogP contribution in [0.5, 0.6) is 11.5 Å². The van der Waals surface area contributed by atoms with E-state index < -0.39 is 99.1 Å². The fourth-order valence-corrected chi connectivity index (χ4v) is 9.56. The SMILES string of the molecule is CCc1ccc(N2C(=O)[C@H]3[C@H](CC=C4[C@H]3C[C@H]3C(=O)N(Nc5ncc(C(F)(F)F)cc5Cl)C(=O)[C@@]3(c3ccc(Cl)cc3)[C@H]4c3cc(OC(F)(F)F)ccc3O)C2=O)cc1. The highest BCUT2D eigenvalue weighted by molar-refractivity contribution is 6.33. The number of hydrogen-bond donors (Lipinski definition) is 2. The lowest BCUT2D eigenvalue weighted by molar-refractivity contribution is -0.274. The Morgan fingerprint density at radius 3 is 2.22 bits per heavy atom. The molecule has 306 valence electrons. The van der Waals surface area contributed by atoms with Crippen molar-refractivity contribution in [1.82, 2.24) is 9.99 Å². The summed E-state index contributed by atoms with van der Waals surface area (Å²) in [6.45, 7) is 1.94. The number of hydrogen-bond acceptors (Lipinski definition) is 8. The number of alkyl halides is 6. The Kier molecular flexibility index (Phi) is 9.73. The number of nitrogens with zero attached hydrogens (tertiary/aromatic N) is 3. The highest BCUT2D eigenvalue weighted by atomic mass is 35.5. The molecule has 0 radical (unpaired) electrons. The number of carbonyl (C=O) groups excluding carboxylic acids is 4. The Hall–Kier alpha value is -5.61. The van der Waals surface area contributed by atoms with Crippen molar-refractivity contribution in [2.45, 2.75) is 50.1 Å². The van der Waals surface area contributed by atoms with E-state index >= 15 is 4.79 Å². The van der Waals surface area contributed by atoms with Crippen LogP contribution in [0.4, 0.5) is 37.8 Å². The smallest absolute Gasteiger partial charge is 0.508 e. The molecule has 3 heterocycles. The van der Waals surface area contributed by atoms with Gasteiger partial charge < -0.3 is 9.84 Å². The van der Waals surface area contributed by atoms with E-state index in [0.717, 1.165) is 28.7 Å². The number of aryl methyl sites for hydroxylation is 1. The van der Waals surface area contributed by atoms with Gasteiger partial charge in [-0.25, -0.2) is 4.98 Å². The Bertz CT molecular complexity index is 2440. The van der Waals surface area contributed by atoms with E-state index in [9.17, 15) is 45.8 Å². The summed E-state index contributed by atoms with van der Waals surface area (Å²) < 4.78 is 85.7. The van der Waals surface area contributed by atoms with Crippen molar-refractivity contribution >= 4 is 58.3 Å². The van der Waals surface area contributed by atoms with Crippen molar-refractivity contribution in [3.8, 4) is 11.5 Å². The number of anilines is 2. The van der Waals surface area contributed by atoms with E-state index in [0.29, 0.717) is 29.4 Å². The minimum absolute atomic E-state index is 0.0445. The molecule has 1 aromatic heterocycles. The van der Waals surface area contributed by atoms with Crippen LogP contribution in [-0.4, -0.2) is 45.1 Å². The van der Waals surface area contributed by atoms with Gasteiger partial charge in [-0.05, 0) is 84.8 Å². The summed E-state index contributed by atoms with van der Waals surface area (Å²) >= 11 is 12.5. The largest absolute Gasteiger partial charge is 0.573 e. The van der Waals surface area contributed by atoms with Crippen LogP contribution in [-0.2, 0) is 37.2 Å². The minimum Gasteiger partial charge on any atom is -0.508 e. The van der Waals surface area contributed by atoms with Gasteiger partial charge in [0.1, 0.15) is 11.5 Å². The van der Waals surface area contributed by atoms with Crippen LogP contribution < -0.4 is 15.1 Å². The molecule has 0 spiro atoms. The number of allylic oxidation sites excluding steroid dienone is 2. The maximum Gasteiger partial charge on any atom is 0.573 e. The molecule has 1 saturated carbocycles. The molecule has 6 atom stereocenters. The molecule has 2 aliphatic carbocycles. The molecule has 0 bridgehead atoms. The first-order chi connectivity index (χ1) is 27.8. The summed E-state index contributed by atoms with van der Waals surface area (Å²) in [7, 11) is 0. The number of halogens is 8. The minimum atomic E-state index is -5.18. The number of aromatic nitrogens is 1. The lowest BCUT2D eigenvalue weighted by Crippen LogP contribution is -2.53. The van der Waals surface area contributed by atoms with Gasteiger partial charge in [0.2, 0.25) is 11.8 Å². The second-order valence-corrected chi connectivity index (χ2v) is 15.6. The molecule has 2 aliphatic heterocycles. The highest BCUT2D eigenvalue weighted by Crippen LogP contribution is 2.65. The Morgan fingerprint density at radius 2 is 1.59 bits per heavy atom. The van der Waals surface area contributed by atoms with Crippen molar-refractivity contribution in [1.29, 1.82) is 0 Å². The van der Waals surface area contributed by atoms with Gasteiger partial charge in [-0.15, -0.1) is 13.2 Å². The second kappa shape index (κ2) is 14.3. The summed E-state index contributed by atoms with van der Waals surface area (Å²) in [6.07, 6.45) is -7.56. The van der Waals surface area contributed by atoms with Gasteiger partial charge in [0.05, 0.1) is 39.4 Å². The third-order valence-electron chi connectivity index (χ3n) is 11.7. The number of fused-ring (bicyclic) bond motifs is 4. The van der Waals surface area contributed by atoms with Gasteiger partial charge in [0, 0.05) is 22.7 Å². The summed E-state index contributed by atoms with van der Waals surface area (Å²) in [5.41, 5.74) is 0.531. The van der Waals surface area contributed by atoms with E-state index in [1.165, 1.54) is 24.3 Å². The maximum absolute atomic E-state index is 15.3. The number of carbonyl (C=O) groups is 4. The quantitative estimate of drug-likeness (QED) is 0.107. The Labute approximate surface area is 341 Å².